The quantitative estimate of drug-likeness (QED) is 0.356. The van der Waals surface area contributed by atoms with Gasteiger partial charge in [-0.15, -0.1) is 11.3 Å². The van der Waals surface area contributed by atoms with E-state index in [9.17, 15) is 21.2 Å². The Kier molecular flexibility index (Phi) is 5.93. The maximum absolute atomic E-state index is 13.5. The van der Waals surface area contributed by atoms with Gasteiger partial charge in [0.1, 0.15) is 5.82 Å². The van der Waals surface area contributed by atoms with Crippen molar-refractivity contribution in [3.8, 4) is 21.7 Å². The molecule has 1 aromatic heterocycles. The highest BCUT2D eigenvalue weighted by Gasteiger charge is 2.26. The smallest absolute Gasteiger partial charge is 0.224 e. The largest absolute Gasteiger partial charge is 0.233 e. The molecule has 0 bridgehead atoms. The number of hydrogen-bond acceptors (Lipinski definition) is 6. The van der Waals surface area contributed by atoms with Gasteiger partial charge in [-0.1, -0.05) is 29.8 Å². The Morgan fingerprint density at radius 3 is 2.06 bits per heavy atom. The first-order chi connectivity index (χ1) is 15.1. The van der Waals surface area contributed by atoms with Crippen LogP contribution in [0.25, 0.3) is 21.7 Å². The zero-order valence-electron chi connectivity index (χ0n) is 16.5. The summed E-state index contributed by atoms with van der Waals surface area (Å²) < 4.78 is 63.3. The fraction of sp³-hybridized carbons (Fsp3) is 0.0455. The zero-order valence-corrected chi connectivity index (χ0v) is 19.7. The molecular weight excluding hydrogens is 493 g/mol. The highest BCUT2D eigenvalue weighted by atomic mass is 35.5. The van der Waals surface area contributed by atoms with Gasteiger partial charge in [0.25, 0.3) is 0 Å². The summed E-state index contributed by atoms with van der Waals surface area (Å²) in [7, 11) is -7.35. The highest BCUT2D eigenvalue weighted by Crippen LogP contribution is 2.40. The van der Waals surface area contributed by atoms with E-state index in [-0.39, 0.29) is 19.2 Å². The summed E-state index contributed by atoms with van der Waals surface area (Å²) in [6, 6.07) is 17.5. The van der Waals surface area contributed by atoms with Crippen LogP contribution >= 0.6 is 22.9 Å². The Morgan fingerprint density at radius 2 is 1.47 bits per heavy atom. The lowest BCUT2D eigenvalue weighted by Crippen LogP contribution is -2.01. The van der Waals surface area contributed by atoms with E-state index in [4.69, 9.17) is 11.6 Å². The van der Waals surface area contributed by atoms with Crippen LogP contribution in [0.5, 0.6) is 0 Å². The van der Waals surface area contributed by atoms with Crippen molar-refractivity contribution in [2.24, 2.45) is 0 Å². The molecule has 10 heteroatoms. The minimum absolute atomic E-state index is 0.00313. The van der Waals surface area contributed by atoms with Gasteiger partial charge < -0.3 is 0 Å². The van der Waals surface area contributed by atoms with Crippen molar-refractivity contribution in [3.63, 3.8) is 0 Å². The van der Waals surface area contributed by atoms with Crippen LogP contribution in [-0.2, 0) is 19.7 Å². The fourth-order valence-electron chi connectivity index (χ4n) is 3.00. The monoisotopic (exact) mass is 507 g/mol. The lowest BCUT2D eigenvalue weighted by Gasteiger charge is -2.04. The van der Waals surface area contributed by atoms with Crippen molar-refractivity contribution in [1.29, 1.82) is 0 Å². The number of nitrogens with zero attached hydrogens (tertiary/aromatic N) is 1. The third-order valence-electron chi connectivity index (χ3n) is 4.61. The van der Waals surface area contributed by atoms with Crippen molar-refractivity contribution >= 4 is 42.6 Å². The Balaban J connectivity index is 1.91. The number of halogens is 2. The Bertz CT molecular complexity index is 1510. The summed E-state index contributed by atoms with van der Waals surface area (Å²) >= 11 is 6.91. The minimum Gasteiger partial charge on any atom is -0.224 e. The van der Waals surface area contributed by atoms with Crippen molar-refractivity contribution in [2.45, 2.75) is 14.1 Å². The summed E-state index contributed by atoms with van der Waals surface area (Å²) in [4.78, 5) is 5.04. The second-order valence-electron chi connectivity index (χ2n) is 6.92. The number of benzene rings is 3. The van der Waals surface area contributed by atoms with Gasteiger partial charge in [0.15, 0.2) is 9.84 Å². The van der Waals surface area contributed by atoms with E-state index >= 15 is 0 Å². The molecule has 0 aliphatic rings. The summed E-state index contributed by atoms with van der Waals surface area (Å²) in [6.45, 7) is 0. The molecule has 0 fully saturated rings. The van der Waals surface area contributed by atoms with Crippen LogP contribution in [0, 0.1) is 5.82 Å². The average Bonchev–Trinajstić information content (AvgIpc) is 3.20. The van der Waals surface area contributed by atoms with Crippen LogP contribution in [0.4, 0.5) is 4.39 Å². The van der Waals surface area contributed by atoms with Gasteiger partial charge in [-0.25, -0.2) is 26.2 Å². The first kappa shape index (κ1) is 22.6. The van der Waals surface area contributed by atoms with E-state index in [0.717, 1.165) is 17.6 Å². The van der Waals surface area contributed by atoms with Crippen LogP contribution in [0.15, 0.2) is 86.9 Å². The van der Waals surface area contributed by atoms with Gasteiger partial charge in [0.2, 0.25) is 14.2 Å². The highest BCUT2D eigenvalue weighted by molar-refractivity contribution is 7.93. The molecule has 0 aliphatic carbocycles. The fourth-order valence-corrected chi connectivity index (χ4v) is 6.64. The van der Waals surface area contributed by atoms with Gasteiger partial charge in [-0.05, 0) is 60.2 Å². The maximum Gasteiger partial charge on any atom is 0.233 e. The second kappa shape index (κ2) is 8.40. The second-order valence-corrected chi connectivity index (χ2v) is 12.5. The van der Waals surface area contributed by atoms with Crippen molar-refractivity contribution < 1.29 is 21.2 Å². The molecule has 0 saturated carbocycles. The van der Waals surface area contributed by atoms with Crippen LogP contribution < -0.4 is 0 Å². The number of thiazole rings is 1. The lowest BCUT2D eigenvalue weighted by molar-refractivity contribution is 0.595. The molecule has 0 saturated heterocycles. The third-order valence-corrected chi connectivity index (χ3v) is 9.20. The van der Waals surface area contributed by atoms with Crippen molar-refractivity contribution in [3.05, 3.63) is 83.6 Å². The van der Waals surface area contributed by atoms with Gasteiger partial charge in [-0.3, -0.25) is 0 Å². The Labute approximate surface area is 194 Å². The molecule has 0 unspecified atom stereocenters. The van der Waals surface area contributed by atoms with E-state index in [0.29, 0.717) is 21.7 Å². The standard InChI is InChI=1S/C22H15ClFNO4S3/c1-31(26,27)18-11-7-15(8-12-18)21-20(14-5-9-17(24)10-6-14)25-22(30-21)32(28,29)19-4-2-3-16(23)13-19/h2-13H,1H3. The molecule has 0 N–H and O–H groups in total. The minimum atomic E-state index is -3.97. The molecule has 32 heavy (non-hydrogen) atoms. The summed E-state index contributed by atoms with van der Waals surface area (Å²) in [5.41, 5.74) is 1.46. The molecule has 164 valence electrons. The Hall–Kier alpha value is -2.59. The molecule has 5 nitrogen and oxygen atoms in total. The van der Waals surface area contributed by atoms with Crippen molar-refractivity contribution in [2.75, 3.05) is 6.26 Å². The topological polar surface area (TPSA) is 81.2 Å². The first-order valence-electron chi connectivity index (χ1n) is 9.13. The van der Waals surface area contributed by atoms with Gasteiger partial charge in [0, 0.05) is 16.8 Å². The predicted molar refractivity (Wildman–Crippen MR) is 123 cm³/mol. The number of rotatable bonds is 5. The maximum atomic E-state index is 13.5. The normalized spacial score (nSPS) is 12.1. The summed E-state index contributed by atoms with van der Waals surface area (Å²) in [5, 5.41) is 0.276. The Morgan fingerprint density at radius 1 is 0.844 bits per heavy atom. The number of hydrogen-bond donors (Lipinski definition) is 0. The first-order valence-corrected chi connectivity index (χ1v) is 13.7. The average molecular weight is 508 g/mol. The van der Waals surface area contributed by atoms with Gasteiger partial charge in [0.05, 0.1) is 20.4 Å². The lowest BCUT2D eigenvalue weighted by atomic mass is 10.1. The molecule has 3 aromatic carbocycles. The summed E-state index contributed by atoms with van der Waals surface area (Å²) in [6.07, 6.45) is 1.11. The van der Waals surface area contributed by atoms with E-state index in [1.807, 2.05) is 0 Å². The molecule has 1 heterocycles. The van der Waals surface area contributed by atoms with Crippen LogP contribution in [0.3, 0.4) is 0 Å². The van der Waals surface area contributed by atoms with Crippen LogP contribution in [0.1, 0.15) is 0 Å². The molecule has 0 atom stereocenters. The third kappa shape index (κ3) is 4.47. The molecule has 0 spiro atoms. The van der Waals surface area contributed by atoms with E-state index < -0.39 is 25.5 Å². The van der Waals surface area contributed by atoms with Crippen LogP contribution in [-0.4, -0.2) is 28.1 Å². The van der Waals surface area contributed by atoms with E-state index in [2.05, 4.69) is 4.98 Å². The molecule has 0 radical (unpaired) electrons. The number of aromatic nitrogens is 1. The van der Waals surface area contributed by atoms with Crippen molar-refractivity contribution in [1.82, 2.24) is 4.98 Å². The molecule has 4 aromatic rings. The van der Waals surface area contributed by atoms with Gasteiger partial charge in [-0.2, -0.15) is 0 Å². The molecule has 0 aliphatic heterocycles. The zero-order chi connectivity index (χ0) is 23.1. The molecule has 0 amide bonds. The van der Waals surface area contributed by atoms with E-state index in [1.54, 1.807) is 18.2 Å². The summed E-state index contributed by atoms with van der Waals surface area (Å²) in [5.74, 6) is -0.435. The van der Waals surface area contributed by atoms with Gasteiger partial charge >= 0.3 is 0 Å². The van der Waals surface area contributed by atoms with Crippen LogP contribution in [0.2, 0.25) is 5.02 Å². The molecule has 4 rings (SSSR count). The molecular formula is C22H15ClFNO4S3. The SMILES string of the molecule is CS(=O)(=O)c1ccc(-c2sc(S(=O)(=O)c3cccc(Cl)c3)nc2-c2ccc(F)cc2)cc1. The van der Waals surface area contributed by atoms with E-state index in [1.165, 1.54) is 54.6 Å². The number of sulfone groups is 2. The predicted octanol–water partition coefficient (Wildman–Crippen LogP) is 5.51.